The van der Waals surface area contributed by atoms with Gasteiger partial charge in [0.1, 0.15) is 0 Å². The van der Waals surface area contributed by atoms with Gasteiger partial charge in [0, 0.05) is 36.0 Å². The number of hydrogen-bond acceptors (Lipinski definition) is 5. The fourth-order valence-corrected chi connectivity index (χ4v) is 3.48. The van der Waals surface area contributed by atoms with Gasteiger partial charge >= 0.3 is 0 Å². The number of anilines is 1. The SMILES string of the molecule is CSC1(CN)CCN(c2ncc3ccccc3n2)CC1. The van der Waals surface area contributed by atoms with E-state index in [0.717, 1.165) is 49.3 Å². The standard InChI is InChI=1S/C15H20N4S/c1-20-15(11-16)6-8-19(9-7-15)14-17-10-12-4-2-3-5-13(12)18-14/h2-5,10H,6-9,11,16H2,1H3. The highest BCUT2D eigenvalue weighted by atomic mass is 32.2. The van der Waals surface area contributed by atoms with E-state index in [-0.39, 0.29) is 4.75 Å². The number of hydrogen-bond donors (Lipinski definition) is 1. The van der Waals surface area contributed by atoms with Crippen LogP contribution in [0.3, 0.4) is 0 Å². The number of benzene rings is 1. The van der Waals surface area contributed by atoms with E-state index in [9.17, 15) is 0 Å². The lowest BCUT2D eigenvalue weighted by Gasteiger charge is -2.40. The van der Waals surface area contributed by atoms with Crippen molar-refractivity contribution in [3.05, 3.63) is 30.5 Å². The van der Waals surface area contributed by atoms with Gasteiger partial charge in [0.25, 0.3) is 0 Å². The lowest BCUT2D eigenvalue weighted by Crippen LogP contribution is -2.47. The Kier molecular flexibility index (Phi) is 3.81. The Hall–Kier alpha value is -1.33. The van der Waals surface area contributed by atoms with Crippen molar-refractivity contribution in [1.29, 1.82) is 0 Å². The Morgan fingerprint density at radius 3 is 2.75 bits per heavy atom. The third kappa shape index (κ3) is 2.47. The maximum absolute atomic E-state index is 5.94. The molecule has 0 unspecified atom stereocenters. The molecule has 2 heterocycles. The lowest BCUT2D eigenvalue weighted by molar-refractivity contribution is 0.453. The van der Waals surface area contributed by atoms with E-state index < -0.39 is 0 Å². The van der Waals surface area contributed by atoms with Crippen molar-refractivity contribution in [2.45, 2.75) is 17.6 Å². The highest BCUT2D eigenvalue weighted by Gasteiger charge is 2.33. The molecule has 4 nitrogen and oxygen atoms in total. The molecule has 0 saturated carbocycles. The summed E-state index contributed by atoms with van der Waals surface area (Å²) in [5.74, 6) is 0.843. The Morgan fingerprint density at radius 1 is 1.30 bits per heavy atom. The monoisotopic (exact) mass is 288 g/mol. The molecule has 0 spiro atoms. The Morgan fingerprint density at radius 2 is 2.05 bits per heavy atom. The van der Waals surface area contributed by atoms with Crippen LogP contribution in [0.4, 0.5) is 5.95 Å². The molecule has 0 radical (unpaired) electrons. The average Bonchev–Trinajstić information content (AvgIpc) is 2.54. The van der Waals surface area contributed by atoms with Crippen molar-refractivity contribution in [3.8, 4) is 0 Å². The summed E-state index contributed by atoms with van der Waals surface area (Å²) in [5, 5.41) is 1.09. The summed E-state index contributed by atoms with van der Waals surface area (Å²) >= 11 is 1.90. The maximum atomic E-state index is 5.94. The van der Waals surface area contributed by atoms with Gasteiger partial charge in [-0.15, -0.1) is 0 Å². The molecule has 1 saturated heterocycles. The Labute approximate surface area is 123 Å². The summed E-state index contributed by atoms with van der Waals surface area (Å²) in [6.45, 7) is 2.72. The van der Waals surface area contributed by atoms with Crippen LogP contribution in [-0.2, 0) is 0 Å². The molecule has 1 fully saturated rings. The van der Waals surface area contributed by atoms with E-state index in [1.165, 1.54) is 0 Å². The molecule has 0 atom stereocenters. The van der Waals surface area contributed by atoms with Crippen LogP contribution in [0.15, 0.2) is 30.5 Å². The zero-order chi connectivity index (χ0) is 14.0. The number of fused-ring (bicyclic) bond motifs is 1. The number of nitrogens with zero attached hydrogens (tertiary/aromatic N) is 3. The Bertz CT molecular complexity index is 587. The van der Waals surface area contributed by atoms with Gasteiger partial charge in [0.15, 0.2) is 0 Å². The second-order valence-electron chi connectivity index (χ2n) is 5.31. The van der Waals surface area contributed by atoms with E-state index in [0.29, 0.717) is 0 Å². The third-order valence-corrected chi connectivity index (χ3v) is 5.68. The number of aromatic nitrogens is 2. The van der Waals surface area contributed by atoms with Crippen LogP contribution in [0.25, 0.3) is 10.9 Å². The summed E-state index contributed by atoms with van der Waals surface area (Å²) < 4.78 is 0.243. The summed E-state index contributed by atoms with van der Waals surface area (Å²) in [4.78, 5) is 11.5. The topological polar surface area (TPSA) is 55.0 Å². The highest BCUT2D eigenvalue weighted by molar-refractivity contribution is 8.00. The minimum absolute atomic E-state index is 0.243. The van der Waals surface area contributed by atoms with Gasteiger partial charge in [-0.3, -0.25) is 0 Å². The fourth-order valence-electron chi connectivity index (χ4n) is 2.72. The van der Waals surface area contributed by atoms with Crippen molar-refractivity contribution in [1.82, 2.24) is 9.97 Å². The van der Waals surface area contributed by atoms with Crippen LogP contribution in [0.5, 0.6) is 0 Å². The van der Waals surface area contributed by atoms with Crippen molar-refractivity contribution in [3.63, 3.8) is 0 Å². The second kappa shape index (κ2) is 5.58. The Balaban J connectivity index is 1.79. The zero-order valence-electron chi connectivity index (χ0n) is 11.7. The predicted molar refractivity (Wildman–Crippen MR) is 86.3 cm³/mol. The normalized spacial score (nSPS) is 18.4. The molecule has 0 bridgehead atoms. The molecule has 1 aliphatic rings. The molecule has 5 heteroatoms. The maximum Gasteiger partial charge on any atom is 0.225 e. The molecular formula is C15H20N4S. The van der Waals surface area contributed by atoms with E-state index in [1.807, 2.05) is 42.2 Å². The molecule has 106 valence electrons. The van der Waals surface area contributed by atoms with Crippen molar-refractivity contribution < 1.29 is 0 Å². The lowest BCUT2D eigenvalue weighted by atomic mass is 9.96. The van der Waals surface area contributed by atoms with Crippen molar-refractivity contribution in [2.24, 2.45) is 5.73 Å². The van der Waals surface area contributed by atoms with Gasteiger partial charge in [0.2, 0.25) is 5.95 Å². The van der Waals surface area contributed by atoms with E-state index in [4.69, 9.17) is 5.73 Å². The van der Waals surface area contributed by atoms with E-state index >= 15 is 0 Å². The van der Waals surface area contributed by atoms with Gasteiger partial charge in [-0.2, -0.15) is 11.8 Å². The van der Waals surface area contributed by atoms with Gasteiger partial charge in [-0.1, -0.05) is 18.2 Å². The van der Waals surface area contributed by atoms with Crippen LogP contribution in [0.1, 0.15) is 12.8 Å². The quantitative estimate of drug-likeness (QED) is 0.939. The van der Waals surface area contributed by atoms with Crippen molar-refractivity contribution >= 4 is 28.6 Å². The first kappa shape index (κ1) is 13.6. The number of thioether (sulfide) groups is 1. The first-order valence-electron chi connectivity index (χ1n) is 6.98. The largest absolute Gasteiger partial charge is 0.341 e. The first-order chi connectivity index (χ1) is 9.76. The molecule has 1 aliphatic heterocycles. The minimum Gasteiger partial charge on any atom is -0.341 e. The number of para-hydroxylation sites is 1. The number of piperidine rings is 1. The smallest absolute Gasteiger partial charge is 0.225 e. The first-order valence-corrected chi connectivity index (χ1v) is 8.21. The highest BCUT2D eigenvalue weighted by Crippen LogP contribution is 2.34. The molecule has 1 aromatic heterocycles. The third-order valence-electron chi connectivity index (χ3n) is 4.24. The van der Waals surface area contributed by atoms with Crippen LogP contribution in [-0.4, -0.2) is 40.6 Å². The summed E-state index contributed by atoms with van der Waals surface area (Å²) in [6.07, 6.45) is 6.27. The second-order valence-corrected chi connectivity index (χ2v) is 6.58. The van der Waals surface area contributed by atoms with Crippen LogP contribution < -0.4 is 10.6 Å². The van der Waals surface area contributed by atoms with Gasteiger partial charge < -0.3 is 10.6 Å². The van der Waals surface area contributed by atoms with Crippen LogP contribution >= 0.6 is 11.8 Å². The molecule has 20 heavy (non-hydrogen) atoms. The predicted octanol–water partition coefficient (Wildman–Crippen LogP) is 2.29. The van der Waals surface area contributed by atoms with Gasteiger partial charge in [-0.05, 0) is 25.2 Å². The molecule has 3 rings (SSSR count). The van der Waals surface area contributed by atoms with E-state index in [2.05, 4.69) is 21.1 Å². The summed E-state index contributed by atoms with van der Waals surface area (Å²) in [7, 11) is 0. The van der Waals surface area contributed by atoms with Gasteiger partial charge in [0.05, 0.1) is 5.52 Å². The molecule has 2 N–H and O–H groups in total. The molecular weight excluding hydrogens is 268 g/mol. The van der Waals surface area contributed by atoms with Crippen LogP contribution in [0.2, 0.25) is 0 Å². The molecule has 1 aromatic carbocycles. The van der Waals surface area contributed by atoms with Crippen LogP contribution in [0, 0.1) is 0 Å². The fraction of sp³-hybridized carbons (Fsp3) is 0.467. The average molecular weight is 288 g/mol. The molecule has 0 aliphatic carbocycles. The number of rotatable bonds is 3. The summed E-state index contributed by atoms with van der Waals surface area (Å²) in [6, 6.07) is 8.11. The van der Waals surface area contributed by atoms with Gasteiger partial charge in [-0.25, -0.2) is 9.97 Å². The van der Waals surface area contributed by atoms with Crippen molar-refractivity contribution in [2.75, 3.05) is 30.8 Å². The summed E-state index contributed by atoms with van der Waals surface area (Å²) in [5.41, 5.74) is 6.95. The molecule has 0 amide bonds. The zero-order valence-corrected chi connectivity index (χ0v) is 12.6. The minimum atomic E-state index is 0.243. The number of nitrogens with two attached hydrogens (primary N) is 1. The molecule has 2 aromatic rings. The van der Waals surface area contributed by atoms with E-state index in [1.54, 1.807) is 0 Å².